The second-order valence-electron chi connectivity index (χ2n) is 3.23. The number of benzene rings is 1. The first kappa shape index (κ1) is 13.5. The van der Waals surface area contributed by atoms with Gasteiger partial charge in [-0.25, -0.2) is 5.48 Å². The monoisotopic (exact) mass is 239 g/mol. The van der Waals surface area contributed by atoms with E-state index in [0.717, 1.165) is 5.75 Å². The molecule has 0 bridgehead atoms. The van der Waals surface area contributed by atoms with Crippen LogP contribution in [0, 0.1) is 0 Å². The maximum atomic E-state index is 11.6. The van der Waals surface area contributed by atoms with Gasteiger partial charge in [-0.3, -0.25) is 9.63 Å². The zero-order valence-electron chi connectivity index (χ0n) is 10.1. The second kappa shape index (κ2) is 7.65. The van der Waals surface area contributed by atoms with Crippen LogP contribution in [0.25, 0.3) is 0 Å². The van der Waals surface area contributed by atoms with Crippen molar-refractivity contribution in [3.05, 3.63) is 29.8 Å². The molecule has 1 N–H and O–H groups in total. The van der Waals surface area contributed by atoms with Crippen molar-refractivity contribution in [1.82, 2.24) is 5.48 Å². The van der Waals surface area contributed by atoms with Crippen molar-refractivity contribution < 1.29 is 19.1 Å². The molecule has 5 nitrogen and oxygen atoms in total. The molecule has 0 saturated carbocycles. The summed E-state index contributed by atoms with van der Waals surface area (Å²) in [5, 5.41) is 0. The lowest BCUT2D eigenvalue weighted by Crippen LogP contribution is -2.25. The van der Waals surface area contributed by atoms with Gasteiger partial charge in [0, 0.05) is 12.7 Å². The van der Waals surface area contributed by atoms with Crippen molar-refractivity contribution in [1.29, 1.82) is 0 Å². The minimum atomic E-state index is -0.288. The van der Waals surface area contributed by atoms with E-state index in [-0.39, 0.29) is 5.91 Å². The van der Waals surface area contributed by atoms with Gasteiger partial charge in [-0.1, -0.05) is 0 Å². The molecule has 0 radical (unpaired) electrons. The molecule has 0 aliphatic rings. The molecule has 0 unspecified atom stereocenters. The number of hydroxylamine groups is 1. The second-order valence-corrected chi connectivity index (χ2v) is 3.23. The van der Waals surface area contributed by atoms with Crippen molar-refractivity contribution in [2.45, 2.75) is 6.92 Å². The Hall–Kier alpha value is -1.59. The highest BCUT2D eigenvalue weighted by Crippen LogP contribution is 2.11. The molecule has 17 heavy (non-hydrogen) atoms. The maximum absolute atomic E-state index is 11.6. The number of hydrogen-bond acceptors (Lipinski definition) is 4. The van der Waals surface area contributed by atoms with Crippen LogP contribution in [0.2, 0.25) is 0 Å². The summed E-state index contributed by atoms with van der Waals surface area (Å²) in [7, 11) is 1.57. The van der Waals surface area contributed by atoms with E-state index in [1.165, 1.54) is 0 Å². The minimum absolute atomic E-state index is 0.288. The Bertz CT molecular complexity index is 337. The van der Waals surface area contributed by atoms with Crippen molar-refractivity contribution in [2.75, 3.05) is 26.9 Å². The summed E-state index contributed by atoms with van der Waals surface area (Å²) < 4.78 is 10.1. The van der Waals surface area contributed by atoms with Crippen LogP contribution in [0.3, 0.4) is 0 Å². The smallest absolute Gasteiger partial charge is 0.274 e. The third kappa shape index (κ3) is 4.84. The molecule has 1 rings (SSSR count). The Morgan fingerprint density at radius 2 is 1.94 bits per heavy atom. The molecule has 0 aliphatic heterocycles. The third-order valence-corrected chi connectivity index (χ3v) is 1.98. The number of ether oxygens (including phenoxy) is 2. The van der Waals surface area contributed by atoms with Gasteiger partial charge in [0.05, 0.1) is 19.8 Å². The lowest BCUT2D eigenvalue weighted by molar-refractivity contribution is 0.00888. The van der Waals surface area contributed by atoms with Crippen molar-refractivity contribution >= 4 is 5.91 Å². The van der Waals surface area contributed by atoms with Crippen LogP contribution >= 0.6 is 0 Å². The lowest BCUT2D eigenvalue weighted by Gasteiger charge is -2.06. The zero-order chi connectivity index (χ0) is 12.5. The third-order valence-electron chi connectivity index (χ3n) is 1.98. The SMILES string of the molecule is CCOc1ccc(C(=O)NOCCOC)cc1. The van der Waals surface area contributed by atoms with Crippen molar-refractivity contribution in [2.24, 2.45) is 0 Å². The zero-order valence-corrected chi connectivity index (χ0v) is 10.1. The summed E-state index contributed by atoms with van der Waals surface area (Å²) in [6.07, 6.45) is 0. The van der Waals surface area contributed by atoms with Crippen LogP contribution < -0.4 is 10.2 Å². The molecule has 0 aliphatic carbocycles. The van der Waals surface area contributed by atoms with E-state index >= 15 is 0 Å². The van der Waals surface area contributed by atoms with Crippen molar-refractivity contribution in [3.8, 4) is 5.75 Å². The topological polar surface area (TPSA) is 56.8 Å². The quantitative estimate of drug-likeness (QED) is 0.577. The first-order valence-electron chi connectivity index (χ1n) is 5.42. The van der Waals surface area contributed by atoms with Crippen LogP contribution in [-0.2, 0) is 9.57 Å². The predicted octanol–water partition coefficient (Wildman–Crippen LogP) is 1.39. The molecule has 0 fully saturated rings. The van der Waals surface area contributed by atoms with Gasteiger partial charge < -0.3 is 9.47 Å². The van der Waals surface area contributed by atoms with Gasteiger partial charge in [-0.05, 0) is 31.2 Å². The van der Waals surface area contributed by atoms with Crippen LogP contribution in [0.4, 0.5) is 0 Å². The lowest BCUT2D eigenvalue weighted by atomic mass is 10.2. The Labute approximate surface area is 101 Å². The van der Waals surface area contributed by atoms with Crippen molar-refractivity contribution in [3.63, 3.8) is 0 Å². The van der Waals surface area contributed by atoms with E-state index in [2.05, 4.69) is 5.48 Å². The summed E-state index contributed by atoms with van der Waals surface area (Å²) in [5.74, 6) is 0.452. The van der Waals surface area contributed by atoms with Crippen LogP contribution in [0.1, 0.15) is 17.3 Å². The first-order valence-corrected chi connectivity index (χ1v) is 5.42. The minimum Gasteiger partial charge on any atom is -0.494 e. The average molecular weight is 239 g/mol. The number of carbonyl (C=O) groups is 1. The largest absolute Gasteiger partial charge is 0.494 e. The average Bonchev–Trinajstić information content (AvgIpc) is 2.36. The number of methoxy groups -OCH3 is 1. The van der Waals surface area contributed by atoms with E-state index < -0.39 is 0 Å². The summed E-state index contributed by atoms with van der Waals surface area (Å²) in [6.45, 7) is 3.26. The molecular formula is C12H17NO4. The molecule has 0 aromatic heterocycles. The van der Waals surface area contributed by atoms with E-state index in [0.29, 0.717) is 25.4 Å². The highest BCUT2D eigenvalue weighted by molar-refractivity contribution is 5.93. The molecule has 0 atom stereocenters. The van der Waals surface area contributed by atoms with Gasteiger partial charge in [0.2, 0.25) is 0 Å². The van der Waals surface area contributed by atoms with Gasteiger partial charge >= 0.3 is 0 Å². The Balaban J connectivity index is 2.40. The number of amides is 1. The number of carbonyl (C=O) groups excluding carboxylic acids is 1. The van der Waals surface area contributed by atoms with E-state index in [1.54, 1.807) is 31.4 Å². The molecule has 1 aromatic carbocycles. The van der Waals surface area contributed by atoms with E-state index in [9.17, 15) is 4.79 Å². The molecule has 0 heterocycles. The normalized spacial score (nSPS) is 10.0. The van der Waals surface area contributed by atoms with E-state index in [4.69, 9.17) is 14.3 Å². The molecule has 1 aromatic rings. The fourth-order valence-electron chi connectivity index (χ4n) is 1.17. The highest BCUT2D eigenvalue weighted by Gasteiger charge is 2.05. The molecule has 0 spiro atoms. The standard InChI is InChI=1S/C12H17NO4/c1-3-16-11-6-4-10(5-7-11)12(14)13-17-9-8-15-2/h4-7H,3,8-9H2,1-2H3,(H,13,14). The molecule has 0 saturated heterocycles. The predicted molar refractivity (Wildman–Crippen MR) is 62.9 cm³/mol. The number of nitrogens with one attached hydrogen (secondary N) is 1. The van der Waals surface area contributed by atoms with Crippen LogP contribution in [0.15, 0.2) is 24.3 Å². The van der Waals surface area contributed by atoms with Gasteiger partial charge in [0.15, 0.2) is 0 Å². The van der Waals surface area contributed by atoms with Gasteiger partial charge in [0.25, 0.3) is 5.91 Å². The van der Waals surface area contributed by atoms with E-state index in [1.807, 2.05) is 6.92 Å². The summed E-state index contributed by atoms with van der Waals surface area (Å²) >= 11 is 0. The summed E-state index contributed by atoms with van der Waals surface area (Å²) in [5.41, 5.74) is 2.84. The summed E-state index contributed by atoms with van der Waals surface area (Å²) in [6, 6.07) is 6.85. The van der Waals surface area contributed by atoms with Gasteiger partial charge in [-0.2, -0.15) is 0 Å². The van der Waals surface area contributed by atoms with Crippen LogP contribution in [-0.4, -0.2) is 32.8 Å². The molecule has 94 valence electrons. The Morgan fingerprint density at radius 1 is 1.24 bits per heavy atom. The maximum Gasteiger partial charge on any atom is 0.274 e. The van der Waals surface area contributed by atoms with Crippen LogP contribution in [0.5, 0.6) is 5.75 Å². The first-order chi connectivity index (χ1) is 8.27. The number of hydrogen-bond donors (Lipinski definition) is 1. The number of rotatable bonds is 7. The fraction of sp³-hybridized carbons (Fsp3) is 0.417. The Kier molecular flexibility index (Phi) is 6.06. The Morgan fingerprint density at radius 3 is 2.53 bits per heavy atom. The highest BCUT2D eigenvalue weighted by atomic mass is 16.7. The fourth-order valence-corrected chi connectivity index (χ4v) is 1.17. The van der Waals surface area contributed by atoms with Gasteiger partial charge in [-0.15, -0.1) is 0 Å². The molecular weight excluding hydrogens is 222 g/mol. The molecule has 1 amide bonds. The van der Waals surface area contributed by atoms with Gasteiger partial charge in [0.1, 0.15) is 5.75 Å². The molecule has 5 heteroatoms. The summed E-state index contributed by atoms with van der Waals surface area (Å²) in [4.78, 5) is 16.5.